The van der Waals surface area contributed by atoms with Gasteiger partial charge in [0, 0.05) is 17.5 Å². The van der Waals surface area contributed by atoms with Crippen LogP contribution in [0.5, 0.6) is 11.5 Å². The van der Waals surface area contributed by atoms with E-state index in [1.165, 1.54) is 31.4 Å². The van der Waals surface area contributed by atoms with E-state index in [4.69, 9.17) is 14.5 Å². The Balaban J connectivity index is 1.58. The predicted molar refractivity (Wildman–Crippen MR) is 119 cm³/mol. The molecule has 0 amide bonds. The van der Waals surface area contributed by atoms with Crippen molar-refractivity contribution in [1.29, 1.82) is 0 Å². The Labute approximate surface area is 178 Å². The highest BCUT2D eigenvalue weighted by Gasteiger charge is 2.23. The van der Waals surface area contributed by atoms with Crippen LogP contribution in [-0.2, 0) is 0 Å². The van der Waals surface area contributed by atoms with Crippen molar-refractivity contribution in [3.8, 4) is 11.5 Å². The van der Waals surface area contributed by atoms with Crippen LogP contribution in [0.15, 0.2) is 29.4 Å². The van der Waals surface area contributed by atoms with Crippen molar-refractivity contribution in [1.82, 2.24) is 9.55 Å². The average Bonchev–Trinajstić information content (AvgIpc) is 3.33. The monoisotopic (exact) mass is 416 g/mol. The van der Waals surface area contributed by atoms with Crippen LogP contribution in [0.25, 0.3) is 6.08 Å². The Morgan fingerprint density at radius 3 is 2.72 bits per heavy atom. The number of aryl methyl sites for hydroxylation is 1. The second kappa shape index (κ2) is 10.2. The van der Waals surface area contributed by atoms with Crippen LogP contribution in [0.1, 0.15) is 55.6 Å². The SMILES string of the molecule is C/C=C/c1ccc(OCC(O)CSc2nc(C)c(C)n2C2CCCC2)c(OC)c1. The maximum Gasteiger partial charge on any atom is 0.168 e. The summed E-state index contributed by atoms with van der Waals surface area (Å²) in [5, 5.41) is 11.5. The van der Waals surface area contributed by atoms with Gasteiger partial charge in [-0.15, -0.1) is 0 Å². The number of nitrogens with zero attached hydrogens (tertiary/aromatic N) is 2. The molecule has 1 atom stereocenters. The van der Waals surface area contributed by atoms with Gasteiger partial charge in [-0.05, 0) is 51.3 Å². The predicted octanol–water partition coefficient (Wildman–Crippen LogP) is 5.19. The number of ether oxygens (including phenoxy) is 2. The number of benzene rings is 1. The number of hydrogen-bond acceptors (Lipinski definition) is 5. The fraction of sp³-hybridized carbons (Fsp3) is 0.522. The Morgan fingerprint density at radius 1 is 1.28 bits per heavy atom. The Morgan fingerprint density at radius 2 is 2.03 bits per heavy atom. The van der Waals surface area contributed by atoms with E-state index in [1.807, 2.05) is 37.3 Å². The summed E-state index contributed by atoms with van der Waals surface area (Å²) >= 11 is 1.61. The van der Waals surface area contributed by atoms with E-state index in [2.05, 4.69) is 18.4 Å². The van der Waals surface area contributed by atoms with Crippen LogP contribution < -0.4 is 9.47 Å². The first-order valence-electron chi connectivity index (χ1n) is 10.3. The van der Waals surface area contributed by atoms with Crippen molar-refractivity contribution in [2.45, 2.75) is 63.8 Å². The number of aromatic nitrogens is 2. The topological polar surface area (TPSA) is 56.5 Å². The lowest BCUT2D eigenvalue weighted by Crippen LogP contribution is -2.21. The molecule has 1 aliphatic rings. The van der Waals surface area contributed by atoms with E-state index in [0.29, 0.717) is 23.3 Å². The average molecular weight is 417 g/mol. The molecule has 2 aromatic rings. The molecular weight excluding hydrogens is 384 g/mol. The molecule has 5 nitrogen and oxygen atoms in total. The first-order valence-corrected chi connectivity index (χ1v) is 11.3. The van der Waals surface area contributed by atoms with Gasteiger partial charge in [-0.2, -0.15) is 0 Å². The van der Waals surface area contributed by atoms with Crippen molar-refractivity contribution in [2.24, 2.45) is 0 Å². The van der Waals surface area contributed by atoms with Crippen LogP contribution in [0, 0.1) is 13.8 Å². The van der Waals surface area contributed by atoms with Gasteiger partial charge in [-0.1, -0.05) is 42.8 Å². The molecule has 0 bridgehead atoms. The van der Waals surface area contributed by atoms with Gasteiger partial charge in [-0.3, -0.25) is 0 Å². The molecule has 1 saturated carbocycles. The minimum atomic E-state index is -0.589. The summed E-state index contributed by atoms with van der Waals surface area (Å²) in [6.45, 7) is 6.41. The van der Waals surface area contributed by atoms with Gasteiger partial charge in [0.15, 0.2) is 16.7 Å². The summed E-state index contributed by atoms with van der Waals surface area (Å²) in [6.07, 6.45) is 8.42. The molecule has 1 aromatic carbocycles. The number of aliphatic hydroxyl groups excluding tert-OH is 1. The normalized spacial score (nSPS) is 15.9. The highest BCUT2D eigenvalue weighted by atomic mass is 32.2. The van der Waals surface area contributed by atoms with Crippen molar-refractivity contribution >= 4 is 17.8 Å². The summed E-state index contributed by atoms with van der Waals surface area (Å²) in [7, 11) is 1.63. The Hall–Kier alpha value is -1.92. The quantitative estimate of drug-likeness (QED) is 0.570. The van der Waals surface area contributed by atoms with Gasteiger partial charge in [0.1, 0.15) is 6.61 Å². The number of thioether (sulfide) groups is 1. The third kappa shape index (κ3) is 5.37. The molecule has 6 heteroatoms. The molecule has 29 heavy (non-hydrogen) atoms. The first-order chi connectivity index (χ1) is 14.0. The molecule has 0 aliphatic heterocycles. The van der Waals surface area contributed by atoms with Crippen LogP contribution in [0.4, 0.5) is 0 Å². The van der Waals surface area contributed by atoms with Gasteiger partial charge < -0.3 is 19.1 Å². The van der Waals surface area contributed by atoms with Crippen LogP contribution in [0.2, 0.25) is 0 Å². The van der Waals surface area contributed by atoms with Gasteiger partial charge in [-0.25, -0.2) is 4.98 Å². The summed E-state index contributed by atoms with van der Waals surface area (Å²) < 4.78 is 13.6. The van der Waals surface area contributed by atoms with E-state index < -0.39 is 6.10 Å². The van der Waals surface area contributed by atoms with Crippen LogP contribution in [-0.4, -0.2) is 40.2 Å². The fourth-order valence-electron chi connectivity index (χ4n) is 3.79. The van der Waals surface area contributed by atoms with Gasteiger partial charge in [0.05, 0.1) is 18.9 Å². The van der Waals surface area contributed by atoms with E-state index in [1.54, 1.807) is 18.9 Å². The largest absolute Gasteiger partial charge is 0.493 e. The lowest BCUT2D eigenvalue weighted by Gasteiger charge is -2.18. The van der Waals surface area contributed by atoms with Gasteiger partial charge in [0.2, 0.25) is 0 Å². The van der Waals surface area contributed by atoms with Crippen LogP contribution in [0.3, 0.4) is 0 Å². The second-order valence-electron chi connectivity index (χ2n) is 7.56. The second-order valence-corrected chi connectivity index (χ2v) is 8.55. The molecule has 158 valence electrons. The highest BCUT2D eigenvalue weighted by molar-refractivity contribution is 7.99. The molecule has 0 saturated heterocycles. The molecule has 0 radical (unpaired) electrons. The number of hydrogen-bond donors (Lipinski definition) is 1. The van der Waals surface area contributed by atoms with Crippen molar-refractivity contribution < 1.29 is 14.6 Å². The number of aliphatic hydroxyl groups is 1. The van der Waals surface area contributed by atoms with Gasteiger partial charge in [0.25, 0.3) is 0 Å². The minimum Gasteiger partial charge on any atom is -0.493 e. The molecule has 1 aromatic heterocycles. The van der Waals surface area contributed by atoms with E-state index in [0.717, 1.165) is 16.4 Å². The maximum atomic E-state index is 10.5. The van der Waals surface area contributed by atoms with Crippen molar-refractivity contribution in [3.63, 3.8) is 0 Å². The highest BCUT2D eigenvalue weighted by Crippen LogP contribution is 2.35. The molecule has 1 aliphatic carbocycles. The number of allylic oxidation sites excluding steroid dienone is 1. The third-order valence-corrected chi connectivity index (χ3v) is 6.52. The lowest BCUT2D eigenvalue weighted by atomic mass is 10.2. The van der Waals surface area contributed by atoms with E-state index in [9.17, 15) is 5.11 Å². The number of rotatable bonds is 9. The van der Waals surface area contributed by atoms with E-state index in [-0.39, 0.29) is 6.61 Å². The van der Waals surface area contributed by atoms with Crippen molar-refractivity contribution in [3.05, 3.63) is 41.2 Å². The fourth-order valence-corrected chi connectivity index (χ4v) is 4.86. The minimum absolute atomic E-state index is 0.217. The third-order valence-electron chi connectivity index (χ3n) is 5.43. The van der Waals surface area contributed by atoms with E-state index >= 15 is 0 Å². The molecule has 3 rings (SSSR count). The molecule has 1 N–H and O–H groups in total. The van der Waals surface area contributed by atoms with Crippen LogP contribution >= 0.6 is 11.8 Å². The Bertz CT molecular complexity index is 841. The maximum absolute atomic E-state index is 10.5. The zero-order chi connectivity index (χ0) is 20.8. The zero-order valence-corrected chi connectivity index (χ0v) is 18.7. The standard InChI is InChI=1S/C23H32N2O3S/c1-5-8-18-11-12-21(22(13-18)27-4)28-14-20(26)15-29-23-24-16(2)17(3)25(23)19-9-6-7-10-19/h5,8,11-13,19-20,26H,6-7,9-10,14-15H2,1-4H3/b8-5+. The summed E-state index contributed by atoms with van der Waals surface area (Å²) in [4.78, 5) is 4.75. The molecular formula is C23H32N2O3S. The summed E-state index contributed by atoms with van der Waals surface area (Å²) in [5.41, 5.74) is 3.38. The number of imidazole rings is 1. The zero-order valence-electron chi connectivity index (χ0n) is 17.9. The summed E-state index contributed by atoms with van der Waals surface area (Å²) in [6, 6.07) is 6.34. The molecule has 1 fully saturated rings. The van der Waals surface area contributed by atoms with Crippen molar-refractivity contribution in [2.75, 3.05) is 19.5 Å². The molecule has 1 heterocycles. The molecule has 1 unspecified atom stereocenters. The molecule has 0 spiro atoms. The summed E-state index contributed by atoms with van der Waals surface area (Å²) in [5.74, 6) is 1.86. The first kappa shape index (κ1) is 21.8. The number of methoxy groups -OCH3 is 1. The lowest BCUT2D eigenvalue weighted by molar-refractivity contribution is 0.124. The Kier molecular flexibility index (Phi) is 7.67. The van der Waals surface area contributed by atoms with Gasteiger partial charge >= 0.3 is 0 Å². The smallest absolute Gasteiger partial charge is 0.168 e.